The fraction of sp³-hybridized carbons (Fsp3) is 0.222. The van der Waals surface area contributed by atoms with E-state index in [1.54, 1.807) is 0 Å². The number of oxime groups is 1. The lowest BCUT2D eigenvalue weighted by atomic mass is 10.0. The standard InChI is InChI=1S/C9H8N2O4/c12-10-8-3-4-15-9-2-1-6(11(13)14)5-7(8)9/h1-2,5,12H,3-4H2/b10-8+. The van der Waals surface area contributed by atoms with Crippen molar-refractivity contribution in [3.8, 4) is 5.75 Å². The topological polar surface area (TPSA) is 85.0 Å². The summed E-state index contributed by atoms with van der Waals surface area (Å²) in [7, 11) is 0. The van der Waals surface area contributed by atoms with Crippen molar-refractivity contribution in [2.45, 2.75) is 6.42 Å². The van der Waals surface area contributed by atoms with Crippen LogP contribution in [0.25, 0.3) is 0 Å². The van der Waals surface area contributed by atoms with Crippen molar-refractivity contribution in [3.63, 3.8) is 0 Å². The monoisotopic (exact) mass is 208 g/mol. The fourth-order valence-electron chi connectivity index (χ4n) is 1.48. The summed E-state index contributed by atoms with van der Waals surface area (Å²) in [6.07, 6.45) is 0.449. The van der Waals surface area contributed by atoms with Crippen LogP contribution < -0.4 is 4.74 Å². The number of nitro benzene ring substituents is 1. The number of nitro groups is 1. The normalized spacial score (nSPS) is 16.9. The van der Waals surface area contributed by atoms with Gasteiger partial charge < -0.3 is 9.94 Å². The van der Waals surface area contributed by atoms with Crippen molar-refractivity contribution < 1.29 is 14.9 Å². The molecule has 1 aliphatic rings. The minimum atomic E-state index is -0.496. The number of rotatable bonds is 1. The molecule has 0 aliphatic carbocycles. The molecule has 0 atom stereocenters. The van der Waals surface area contributed by atoms with Crippen molar-refractivity contribution in [1.82, 2.24) is 0 Å². The lowest BCUT2D eigenvalue weighted by molar-refractivity contribution is -0.384. The summed E-state index contributed by atoms with van der Waals surface area (Å²) >= 11 is 0. The first-order valence-electron chi connectivity index (χ1n) is 4.35. The van der Waals surface area contributed by atoms with E-state index < -0.39 is 4.92 Å². The van der Waals surface area contributed by atoms with E-state index in [0.29, 0.717) is 30.1 Å². The largest absolute Gasteiger partial charge is 0.492 e. The van der Waals surface area contributed by atoms with Gasteiger partial charge in [-0.15, -0.1) is 0 Å². The molecule has 0 amide bonds. The second kappa shape index (κ2) is 3.56. The van der Waals surface area contributed by atoms with Crippen molar-refractivity contribution in [2.24, 2.45) is 5.16 Å². The highest BCUT2D eigenvalue weighted by atomic mass is 16.6. The Morgan fingerprint density at radius 3 is 3.00 bits per heavy atom. The predicted molar refractivity (Wildman–Crippen MR) is 51.5 cm³/mol. The average Bonchev–Trinajstić information content (AvgIpc) is 2.27. The smallest absolute Gasteiger partial charge is 0.270 e. The number of ether oxygens (including phenoxy) is 1. The Hall–Kier alpha value is -2.11. The Bertz CT molecular complexity index is 442. The summed E-state index contributed by atoms with van der Waals surface area (Å²) < 4.78 is 5.28. The van der Waals surface area contributed by atoms with Crippen LogP contribution >= 0.6 is 0 Å². The molecule has 1 aromatic carbocycles. The summed E-state index contributed by atoms with van der Waals surface area (Å²) in [4.78, 5) is 10.0. The van der Waals surface area contributed by atoms with Gasteiger partial charge in [-0.25, -0.2) is 0 Å². The zero-order valence-corrected chi connectivity index (χ0v) is 7.71. The number of fused-ring (bicyclic) bond motifs is 1. The number of benzene rings is 1. The van der Waals surface area contributed by atoms with Crippen LogP contribution in [-0.4, -0.2) is 22.4 Å². The summed E-state index contributed by atoms with van der Waals surface area (Å²) in [5, 5.41) is 22.4. The van der Waals surface area contributed by atoms with Gasteiger partial charge in [0.1, 0.15) is 5.75 Å². The van der Waals surface area contributed by atoms with E-state index in [9.17, 15) is 10.1 Å². The third kappa shape index (κ3) is 1.61. The van der Waals surface area contributed by atoms with Gasteiger partial charge in [-0.1, -0.05) is 5.16 Å². The molecule has 15 heavy (non-hydrogen) atoms. The molecule has 6 heteroatoms. The van der Waals surface area contributed by atoms with Gasteiger partial charge in [-0.05, 0) is 6.07 Å². The van der Waals surface area contributed by atoms with Crippen molar-refractivity contribution >= 4 is 11.4 Å². The molecule has 0 fully saturated rings. The highest BCUT2D eigenvalue weighted by Crippen LogP contribution is 2.28. The molecule has 2 rings (SSSR count). The van der Waals surface area contributed by atoms with E-state index in [2.05, 4.69) is 5.16 Å². The van der Waals surface area contributed by atoms with E-state index >= 15 is 0 Å². The highest BCUT2D eigenvalue weighted by molar-refractivity contribution is 6.03. The van der Waals surface area contributed by atoms with E-state index in [0.717, 1.165) is 0 Å². The molecule has 0 spiro atoms. The lowest BCUT2D eigenvalue weighted by Crippen LogP contribution is -2.16. The zero-order valence-electron chi connectivity index (χ0n) is 7.71. The highest BCUT2D eigenvalue weighted by Gasteiger charge is 2.20. The van der Waals surface area contributed by atoms with Crippen LogP contribution in [0.2, 0.25) is 0 Å². The molecular formula is C9H8N2O4. The quantitative estimate of drug-likeness (QED) is 0.431. The van der Waals surface area contributed by atoms with Crippen LogP contribution in [0.3, 0.4) is 0 Å². The van der Waals surface area contributed by atoms with E-state index in [4.69, 9.17) is 9.94 Å². The average molecular weight is 208 g/mol. The first-order valence-corrected chi connectivity index (χ1v) is 4.35. The minimum Gasteiger partial charge on any atom is -0.492 e. The maximum Gasteiger partial charge on any atom is 0.270 e. The molecule has 78 valence electrons. The zero-order chi connectivity index (χ0) is 10.8. The van der Waals surface area contributed by atoms with Crippen LogP contribution in [0.4, 0.5) is 5.69 Å². The molecule has 6 nitrogen and oxygen atoms in total. The van der Waals surface area contributed by atoms with Crippen molar-refractivity contribution in [2.75, 3.05) is 6.61 Å². The van der Waals surface area contributed by atoms with Crippen LogP contribution in [0.1, 0.15) is 12.0 Å². The van der Waals surface area contributed by atoms with Gasteiger partial charge in [-0.3, -0.25) is 10.1 Å². The van der Waals surface area contributed by atoms with Crippen molar-refractivity contribution in [3.05, 3.63) is 33.9 Å². The summed E-state index contributed by atoms with van der Waals surface area (Å²) in [5.74, 6) is 0.514. The van der Waals surface area contributed by atoms with E-state index in [1.165, 1.54) is 18.2 Å². The number of hydrogen-bond acceptors (Lipinski definition) is 5. The van der Waals surface area contributed by atoms with Gasteiger partial charge in [0.25, 0.3) is 5.69 Å². The Morgan fingerprint density at radius 1 is 1.53 bits per heavy atom. The second-order valence-corrected chi connectivity index (χ2v) is 3.08. The maximum atomic E-state index is 10.5. The van der Waals surface area contributed by atoms with Gasteiger partial charge in [0.05, 0.1) is 17.2 Å². The molecular weight excluding hydrogens is 200 g/mol. The lowest BCUT2D eigenvalue weighted by Gasteiger charge is -2.17. The first kappa shape index (κ1) is 9.45. The van der Waals surface area contributed by atoms with Crippen molar-refractivity contribution in [1.29, 1.82) is 0 Å². The second-order valence-electron chi connectivity index (χ2n) is 3.08. The molecule has 0 saturated heterocycles. The van der Waals surface area contributed by atoms with E-state index in [-0.39, 0.29) is 5.69 Å². The number of nitrogens with zero attached hydrogens (tertiary/aromatic N) is 2. The Labute approximate surface area is 84.9 Å². The Balaban J connectivity index is 2.53. The molecule has 0 saturated carbocycles. The molecule has 0 unspecified atom stereocenters. The summed E-state index contributed by atoms with van der Waals surface area (Å²) in [5.41, 5.74) is 0.860. The van der Waals surface area contributed by atoms with Gasteiger partial charge in [0.2, 0.25) is 0 Å². The fourth-order valence-corrected chi connectivity index (χ4v) is 1.48. The van der Waals surface area contributed by atoms with Gasteiger partial charge >= 0.3 is 0 Å². The van der Waals surface area contributed by atoms with Gasteiger partial charge in [0.15, 0.2) is 0 Å². The van der Waals surface area contributed by atoms with Crippen LogP contribution in [-0.2, 0) is 0 Å². The summed E-state index contributed by atoms with van der Waals surface area (Å²) in [6.45, 7) is 0.421. The molecule has 0 radical (unpaired) electrons. The maximum absolute atomic E-state index is 10.5. The number of hydrogen-bond donors (Lipinski definition) is 1. The van der Waals surface area contributed by atoms with Crippen LogP contribution in [0, 0.1) is 10.1 Å². The molecule has 0 aromatic heterocycles. The van der Waals surface area contributed by atoms with E-state index in [1.807, 2.05) is 0 Å². The first-order chi connectivity index (χ1) is 7.22. The van der Waals surface area contributed by atoms with Crippen LogP contribution in [0.5, 0.6) is 5.75 Å². The summed E-state index contributed by atoms with van der Waals surface area (Å²) in [6, 6.07) is 4.22. The SMILES string of the molecule is O=[N+]([O-])c1ccc2c(c1)/C(=N/O)CCO2. The molecule has 1 aliphatic heterocycles. The molecule has 1 heterocycles. The Morgan fingerprint density at radius 2 is 2.33 bits per heavy atom. The molecule has 0 bridgehead atoms. The van der Waals surface area contributed by atoms with Crippen LogP contribution in [0.15, 0.2) is 23.4 Å². The minimum absolute atomic E-state index is 0.0413. The third-order valence-corrected chi connectivity index (χ3v) is 2.20. The Kier molecular flexibility index (Phi) is 2.24. The van der Waals surface area contributed by atoms with Gasteiger partial charge in [-0.2, -0.15) is 0 Å². The third-order valence-electron chi connectivity index (χ3n) is 2.20. The number of non-ortho nitro benzene ring substituents is 1. The molecule has 1 N–H and O–H groups in total. The molecule has 1 aromatic rings. The predicted octanol–water partition coefficient (Wildman–Crippen LogP) is 1.56. The van der Waals surface area contributed by atoms with Gasteiger partial charge in [0, 0.05) is 24.1 Å².